The van der Waals surface area contributed by atoms with Gasteiger partial charge in [-0.3, -0.25) is 0 Å². The van der Waals surface area contributed by atoms with E-state index in [1.165, 1.54) is 51.4 Å². The second-order valence-corrected chi connectivity index (χ2v) is 9.47. The van der Waals surface area contributed by atoms with Gasteiger partial charge in [0, 0.05) is 5.56 Å². The van der Waals surface area contributed by atoms with Gasteiger partial charge in [0.15, 0.2) is 11.6 Å². The topological polar surface area (TPSA) is 9.23 Å². The smallest absolute Gasteiger partial charge is 0.201 e. The predicted octanol–water partition coefficient (Wildman–Crippen LogP) is 9.05. The van der Waals surface area contributed by atoms with E-state index in [1.54, 1.807) is 19.1 Å². The highest BCUT2D eigenvalue weighted by Gasteiger charge is 2.21. The van der Waals surface area contributed by atoms with E-state index >= 15 is 0 Å². The van der Waals surface area contributed by atoms with Crippen LogP contribution in [-0.2, 0) is 0 Å². The number of halogens is 2. The molecule has 0 N–H and O–H groups in total. The van der Waals surface area contributed by atoms with Crippen LogP contribution in [0.25, 0.3) is 5.57 Å². The molecule has 0 spiro atoms. The Morgan fingerprint density at radius 3 is 2.22 bits per heavy atom. The van der Waals surface area contributed by atoms with E-state index in [1.807, 2.05) is 0 Å². The SMILES string of the molecule is C/C=C/CCC1CCC(CC/C=C/C2CC=C(c3ccc(OCC)c(F)c3F)CC2)CC1. The molecule has 0 aromatic heterocycles. The summed E-state index contributed by atoms with van der Waals surface area (Å²) in [4.78, 5) is 0. The van der Waals surface area contributed by atoms with Crippen LogP contribution in [0.4, 0.5) is 8.78 Å². The van der Waals surface area contributed by atoms with E-state index in [9.17, 15) is 8.78 Å². The number of allylic oxidation sites excluding steroid dienone is 6. The van der Waals surface area contributed by atoms with Crippen LogP contribution in [0.3, 0.4) is 0 Å². The first-order chi connectivity index (χ1) is 15.6. The Morgan fingerprint density at radius 2 is 1.62 bits per heavy atom. The minimum Gasteiger partial charge on any atom is -0.491 e. The molecule has 0 aliphatic heterocycles. The lowest BCUT2D eigenvalue weighted by Crippen LogP contribution is -2.14. The average Bonchev–Trinajstić information content (AvgIpc) is 2.82. The maximum absolute atomic E-state index is 14.5. The zero-order chi connectivity index (χ0) is 22.8. The van der Waals surface area contributed by atoms with Crippen LogP contribution in [0, 0.1) is 29.4 Å². The molecule has 1 fully saturated rings. The van der Waals surface area contributed by atoms with Gasteiger partial charge in [0.05, 0.1) is 6.61 Å². The van der Waals surface area contributed by atoms with Gasteiger partial charge in [0.1, 0.15) is 0 Å². The Bertz CT molecular complexity index is 800. The summed E-state index contributed by atoms with van der Waals surface area (Å²) in [5.74, 6) is 0.680. The van der Waals surface area contributed by atoms with E-state index in [2.05, 4.69) is 37.3 Å². The molecule has 1 aromatic rings. The summed E-state index contributed by atoms with van der Waals surface area (Å²) in [6.07, 6.45) is 24.6. The van der Waals surface area contributed by atoms with Gasteiger partial charge in [-0.2, -0.15) is 4.39 Å². The van der Waals surface area contributed by atoms with Crippen LogP contribution in [0.15, 0.2) is 42.5 Å². The average molecular weight is 443 g/mol. The lowest BCUT2D eigenvalue weighted by atomic mass is 9.78. The maximum Gasteiger partial charge on any atom is 0.201 e. The van der Waals surface area contributed by atoms with Crippen molar-refractivity contribution in [1.29, 1.82) is 0 Å². The highest BCUT2D eigenvalue weighted by atomic mass is 19.2. The van der Waals surface area contributed by atoms with E-state index in [4.69, 9.17) is 4.74 Å². The number of hydrogen-bond donors (Lipinski definition) is 0. The Kier molecular flexibility index (Phi) is 10.0. The fourth-order valence-electron chi connectivity index (χ4n) is 5.25. The molecular formula is C29H40F2O. The third kappa shape index (κ3) is 7.05. The largest absolute Gasteiger partial charge is 0.491 e. The molecular weight excluding hydrogens is 402 g/mol. The Labute approximate surface area is 193 Å². The highest BCUT2D eigenvalue weighted by molar-refractivity contribution is 5.67. The Hall–Kier alpha value is -1.90. The number of benzene rings is 1. The Balaban J connectivity index is 1.40. The van der Waals surface area contributed by atoms with Crippen LogP contribution < -0.4 is 4.74 Å². The molecule has 0 saturated heterocycles. The van der Waals surface area contributed by atoms with Crippen LogP contribution in [0.1, 0.15) is 90.0 Å². The summed E-state index contributed by atoms with van der Waals surface area (Å²) in [5.41, 5.74) is 1.30. The standard InChI is InChI=1S/C29H40F2O/c1-3-5-6-9-22-12-14-23(15-13-22)10-7-8-11-24-16-18-25(19-17-24)26-20-21-27(32-4-2)29(31)28(26)30/h3,5,8,11,18,20-24H,4,6-7,9-10,12-17,19H2,1-2H3/b5-3+,11-8+. The van der Waals surface area contributed by atoms with Gasteiger partial charge in [0.2, 0.25) is 5.82 Å². The number of ether oxygens (including phenoxy) is 1. The molecule has 0 heterocycles. The van der Waals surface area contributed by atoms with E-state index in [0.29, 0.717) is 18.1 Å². The molecule has 176 valence electrons. The van der Waals surface area contributed by atoms with E-state index in [-0.39, 0.29) is 5.75 Å². The maximum atomic E-state index is 14.5. The van der Waals surface area contributed by atoms with Gasteiger partial charge in [-0.25, -0.2) is 4.39 Å². The van der Waals surface area contributed by atoms with Crippen molar-refractivity contribution in [3.8, 4) is 5.75 Å². The second-order valence-electron chi connectivity index (χ2n) is 9.47. The molecule has 1 saturated carbocycles. The second kappa shape index (κ2) is 13.0. The lowest BCUT2D eigenvalue weighted by Gasteiger charge is -2.28. The van der Waals surface area contributed by atoms with Gasteiger partial charge in [-0.1, -0.05) is 56.1 Å². The normalized spacial score (nSPS) is 24.2. The molecule has 3 rings (SSSR count). The van der Waals surface area contributed by atoms with Crippen LogP contribution in [0.2, 0.25) is 0 Å². The first kappa shape index (κ1) is 24.7. The van der Waals surface area contributed by atoms with Crippen LogP contribution in [-0.4, -0.2) is 6.61 Å². The minimum atomic E-state index is -0.876. The highest BCUT2D eigenvalue weighted by Crippen LogP contribution is 2.36. The molecule has 0 amide bonds. The van der Waals surface area contributed by atoms with Crippen molar-refractivity contribution in [3.05, 3.63) is 59.7 Å². The molecule has 2 aliphatic rings. The molecule has 0 bridgehead atoms. The van der Waals surface area contributed by atoms with Crippen molar-refractivity contribution in [2.45, 2.75) is 84.5 Å². The van der Waals surface area contributed by atoms with Gasteiger partial charge >= 0.3 is 0 Å². The van der Waals surface area contributed by atoms with Crippen molar-refractivity contribution in [2.24, 2.45) is 17.8 Å². The van der Waals surface area contributed by atoms with E-state index < -0.39 is 11.6 Å². The monoisotopic (exact) mass is 442 g/mol. The lowest BCUT2D eigenvalue weighted by molar-refractivity contribution is 0.255. The van der Waals surface area contributed by atoms with E-state index in [0.717, 1.165) is 36.7 Å². The molecule has 1 unspecified atom stereocenters. The number of hydrogen-bond acceptors (Lipinski definition) is 1. The van der Waals surface area contributed by atoms with Crippen molar-refractivity contribution in [2.75, 3.05) is 6.61 Å². The molecule has 2 aliphatic carbocycles. The Morgan fingerprint density at radius 1 is 0.938 bits per heavy atom. The summed E-state index contributed by atoms with van der Waals surface area (Å²) in [6.45, 7) is 4.20. The molecule has 1 aromatic carbocycles. The van der Waals surface area contributed by atoms with Gasteiger partial charge in [-0.15, -0.1) is 0 Å². The molecule has 0 radical (unpaired) electrons. The fraction of sp³-hybridized carbons (Fsp3) is 0.586. The van der Waals surface area contributed by atoms with Crippen molar-refractivity contribution in [3.63, 3.8) is 0 Å². The summed E-state index contributed by atoms with van der Waals surface area (Å²) in [7, 11) is 0. The quantitative estimate of drug-likeness (QED) is 0.328. The molecule has 1 nitrogen and oxygen atoms in total. The van der Waals surface area contributed by atoms with Crippen molar-refractivity contribution >= 4 is 5.57 Å². The van der Waals surface area contributed by atoms with Gasteiger partial charge in [0.25, 0.3) is 0 Å². The summed E-state index contributed by atoms with van der Waals surface area (Å²) < 4.78 is 33.8. The summed E-state index contributed by atoms with van der Waals surface area (Å²) in [5, 5.41) is 0. The van der Waals surface area contributed by atoms with Crippen LogP contribution in [0.5, 0.6) is 5.75 Å². The van der Waals surface area contributed by atoms with Gasteiger partial charge < -0.3 is 4.74 Å². The van der Waals surface area contributed by atoms with Gasteiger partial charge in [-0.05, 0) is 94.3 Å². The molecule has 3 heteroatoms. The predicted molar refractivity (Wildman–Crippen MR) is 131 cm³/mol. The zero-order valence-corrected chi connectivity index (χ0v) is 19.9. The van der Waals surface area contributed by atoms with Crippen molar-refractivity contribution in [1.82, 2.24) is 0 Å². The fourth-order valence-corrected chi connectivity index (χ4v) is 5.25. The minimum absolute atomic E-state index is 0.00639. The number of rotatable bonds is 10. The third-order valence-electron chi connectivity index (χ3n) is 7.24. The molecule has 32 heavy (non-hydrogen) atoms. The summed E-state index contributed by atoms with van der Waals surface area (Å²) in [6, 6.07) is 3.19. The first-order valence-corrected chi connectivity index (χ1v) is 12.7. The van der Waals surface area contributed by atoms with Crippen molar-refractivity contribution < 1.29 is 13.5 Å². The van der Waals surface area contributed by atoms with Crippen LogP contribution >= 0.6 is 0 Å². The first-order valence-electron chi connectivity index (χ1n) is 12.7. The summed E-state index contributed by atoms with van der Waals surface area (Å²) >= 11 is 0. The third-order valence-corrected chi connectivity index (χ3v) is 7.24. The molecule has 1 atom stereocenters. The zero-order valence-electron chi connectivity index (χ0n) is 19.9.